The van der Waals surface area contributed by atoms with Gasteiger partial charge in [0.1, 0.15) is 18.2 Å². The molecule has 0 aromatic carbocycles. The summed E-state index contributed by atoms with van der Waals surface area (Å²) in [7, 11) is 1.52. The maximum Gasteiger partial charge on any atom is 0.248 e. The Balaban J connectivity index is 1.18. The monoisotopic (exact) mass is 507 g/mol. The Morgan fingerprint density at radius 2 is 2.05 bits per heavy atom. The molecule has 196 valence electrons. The van der Waals surface area contributed by atoms with Crippen LogP contribution in [0.3, 0.4) is 0 Å². The number of methoxy groups -OCH3 is 1. The van der Waals surface area contributed by atoms with Gasteiger partial charge >= 0.3 is 0 Å². The lowest BCUT2D eigenvalue weighted by atomic mass is 10.0. The fourth-order valence-corrected chi connectivity index (χ4v) is 5.37. The van der Waals surface area contributed by atoms with Crippen molar-refractivity contribution in [2.24, 2.45) is 0 Å². The molecule has 2 atom stereocenters. The van der Waals surface area contributed by atoms with Crippen molar-refractivity contribution in [3.63, 3.8) is 0 Å². The third-order valence-electron chi connectivity index (χ3n) is 7.44. The number of hydrogen-bond donors (Lipinski definition) is 3. The van der Waals surface area contributed by atoms with Gasteiger partial charge in [0, 0.05) is 56.7 Å². The number of nitrogens with zero attached hydrogens (tertiary/aromatic N) is 6. The van der Waals surface area contributed by atoms with Crippen molar-refractivity contribution in [2.75, 3.05) is 43.6 Å². The molecule has 2 amide bonds. The summed E-state index contributed by atoms with van der Waals surface area (Å²) in [5.41, 5.74) is 1.98. The van der Waals surface area contributed by atoms with Gasteiger partial charge in [-0.2, -0.15) is 10.1 Å². The molecule has 3 aromatic rings. The Bertz CT molecular complexity index is 1280. The quantitative estimate of drug-likeness (QED) is 0.420. The van der Waals surface area contributed by atoms with Gasteiger partial charge in [-0.25, -0.2) is 4.52 Å². The summed E-state index contributed by atoms with van der Waals surface area (Å²) in [6.07, 6.45) is 7.58. The van der Waals surface area contributed by atoms with Crippen LogP contribution < -0.4 is 15.5 Å². The van der Waals surface area contributed by atoms with Crippen LogP contribution in [0.4, 0.5) is 17.6 Å². The number of aromatic nitrogens is 5. The molecule has 12 nitrogen and oxygen atoms in total. The normalized spacial score (nSPS) is 22.0. The summed E-state index contributed by atoms with van der Waals surface area (Å²) in [6.45, 7) is 1.96. The van der Waals surface area contributed by atoms with Crippen LogP contribution in [0.5, 0.6) is 0 Å². The number of anilines is 3. The van der Waals surface area contributed by atoms with E-state index in [-0.39, 0.29) is 30.5 Å². The number of rotatable bonds is 8. The van der Waals surface area contributed by atoms with Gasteiger partial charge in [-0.05, 0) is 50.7 Å². The lowest BCUT2D eigenvalue weighted by molar-refractivity contribution is -0.137. The average molecular weight is 508 g/mol. The number of aromatic amines is 1. The van der Waals surface area contributed by atoms with Gasteiger partial charge in [0.15, 0.2) is 11.6 Å². The van der Waals surface area contributed by atoms with Crippen LogP contribution in [-0.2, 0) is 14.3 Å². The molecule has 0 bridgehead atoms. The lowest BCUT2D eigenvalue weighted by Gasteiger charge is -2.34. The SMILES string of the molecule is COCC(=O)N1CCCC(NC(=O)C2CCCN2c2nc(Nc3cc(C4CC4)[nH]n3)c3cccn3n2)C1. The molecule has 3 aliphatic rings. The molecule has 3 fully saturated rings. The minimum Gasteiger partial charge on any atom is -0.375 e. The number of hydrogen-bond acceptors (Lipinski definition) is 8. The third-order valence-corrected chi connectivity index (χ3v) is 7.44. The minimum absolute atomic E-state index is 0.0430. The van der Waals surface area contributed by atoms with Gasteiger partial charge in [0.2, 0.25) is 17.8 Å². The smallest absolute Gasteiger partial charge is 0.248 e. The van der Waals surface area contributed by atoms with Crippen LogP contribution in [0.1, 0.15) is 50.1 Å². The first-order valence-electron chi connectivity index (χ1n) is 13.1. The van der Waals surface area contributed by atoms with E-state index in [4.69, 9.17) is 14.8 Å². The van der Waals surface area contributed by atoms with E-state index in [0.29, 0.717) is 37.3 Å². The highest BCUT2D eigenvalue weighted by molar-refractivity contribution is 5.86. The summed E-state index contributed by atoms with van der Waals surface area (Å²) >= 11 is 0. The van der Waals surface area contributed by atoms with Crippen LogP contribution >= 0.6 is 0 Å². The first-order valence-corrected chi connectivity index (χ1v) is 13.1. The molecule has 3 aromatic heterocycles. The topological polar surface area (TPSA) is 133 Å². The lowest BCUT2D eigenvalue weighted by Crippen LogP contribution is -2.54. The molecule has 2 saturated heterocycles. The molecule has 12 heteroatoms. The van der Waals surface area contributed by atoms with Gasteiger partial charge in [-0.15, -0.1) is 5.10 Å². The van der Waals surface area contributed by atoms with E-state index in [1.807, 2.05) is 29.3 Å². The number of nitrogens with one attached hydrogen (secondary N) is 3. The van der Waals surface area contributed by atoms with E-state index >= 15 is 0 Å². The average Bonchev–Trinajstić information content (AvgIpc) is 3.26. The molecule has 1 saturated carbocycles. The highest BCUT2D eigenvalue weighted by Crippen LogP contribution is 2.39. The zero-order valence-electron chi connectivity index (χ0n) is 21.0. The summed E-state index contributed by atoms with van der Waals surface area (Å²) in [4.78, 5) is 34.2. The second-order valence-corrected chi connectivity index (χ2v) is 10.2. The van der Waals surface area contributed by atoms with Gasteiger partial charge in [-0.3, -0.25) is 14.7 Å². The standard InChI is InChI=1S/C25H33N9O3/c1-37-15-22(35)32-10-2-5-17(14-32)26-24(36)20-7-3-11-33(20)25-28-23(19-6-4-12-34(19)31-25)27-21-13-18(29-30-21)16-8-9-16/h4,6,12-13,16-17,20H,2-3,5,7-11,14-15H2,1H3,(H,26,36)(H2,27,28,29,30,31). The van der Waals surface area contributed by atoms with Crippen molar-refractivity contribution in [1.29, 1.82) is 0 Å². The fourth-order valence-electron chi connectivity index (χ4n) is 5.37. The van der Waals surface area contributed by atoms with E-state index < -0.39 is 0 Å². The molecular formula is C25H33N9O3. The predicted molar refractivity (Wildman–Crippen MR) is 137 cm³/mol. The molecule has 2 aliphatic heterocycles. The van der Waals surface area contributed by atoms with Crippen LogP contribution in [-0.4, -0.2) is 86.9 Å². The largest absolute Gasteiger partial charge is 0.375 e. The van der Waals surface area contributed by atoms with Gasteiger partial charge in [0.25, 0.3) is 0 Å². The second kappa shape index (κ2) is 10.0. The molecule has 1 aliphatic carbocycles. The Hall–Kier alpha value is -3.67. The zero-order chi connectivity index (χ0) is 25.4. The van der Waals surface area contributed by atoms with E-state index in [1.54, 1.807) is 9.42 Å². The van der Waals surface area contributed by atoms with Crippen LogP contribution in [0.15, 0.2) is 24.4 Å². The van der Waals surface area contributed by atoms with Crippen LogP contribution in [0.25, 0.3) is 5.52 Å². The number of ether oxygens (including phenoxy) is 1. The highest BCUT2D eigenvalue weighted by Gasteiger charge is 2.35. The Labute approximate surface area is 214 Å². The summed E-state index contributed by atoms with van der Waals surface area (Å²) < 4.78 is 6.78. The van der Waals surface area contributed by atoms with Gasteiger partial charge in [0.05, 0.1) is 0 Å². The third kappa shape index (κ3) is 4.97. The first-order chi connectivity index (χ1) is 18.1. The van der Waals surface area contributed by atoms with Crippen molar-refractivity contribution in [3.8, 4) is 0 Å². The van der Waals surface area contributed by atoms with Crippen LogP contribution in [0, 0.1) is 0 Å². The zero-order valence-corrected chi connectivity index (χ0v) is 21.0. The maximum absolute atomic E-state index is 13.4. The molecule has 5 heterocycles. The number of likely N-dealkylation sites (tertiary alicyclic amines) is 1. The second-order valence-electron chi connectivity index (χ2n) is 10.2. The van der Waals surface area contributed by atoms with Gasteiger partial charge in [-0.1, -0.05) is 0 Å². The summed E-state index contributed by atoms with van der Waals surface area (Å²) in [5.74, 6) is 2.36. The van der Waals surface area contributed by atoms with Crippen molar-refractivity contribution in [2.45, 2.75) is 56.5 Å². The van der Waals surface area contributed by atoms with Crippen LogP contribution in [0.2, 0.25) is 0 Å². The maximum atomic E-state index is 13.4. The molecule has 37 heavy (non-hydrogen) atoms. The number of carbonyl (C=O) groups is 2. The van der Waals surface area contributed by atoms with E-state index in [0.717, 1.165) is 42.7 Å². The van der Waals surface area contributed by atoms with Gasteiger partial charge < -0.3 is 25.2 Å². The number of amides is 2. The minimum atomic E-state index is -0.363. The number of carbonyl (C=O) groups excluding carboxylic acids is 2. The van der Waals surface area contributed by atoms with Crippen molar-refractivity contribution >= 4 is 34.9 Å². The molecule has 0 spiro atoms. The molecular weight excluding hydrogens is 474 g/mol. The van der Waals surface area contributed by atoms with E-state index in [1.165, 1.54) is 20.0 Å². The molecule has 6 rings (SSSR count). The summed E-state index contributed by atoms with van der Waals surface area (Å²) in [6, 6.07) is 5.48. The Morgan fingerprint density at radius 3 is 2.89 bits per heavy atom. The molecule has 2 unspecified atom stereocenters. The Morgan fingerprint density at radius 1 is 1.19 bits per heavy atom. The van der Waals surface area contributed by atoms with E-state index in [9.17, 15) is 9.59 Å². The fraction of sp³-hybridized carbons (Fsp3) is 0.560. The first kappa shape index (κ1) is 23.7. The number of H-pyrrole nitrogens is 1. The summed E-state index contributed by atoms with van der Waals surface area (Å²) in [5, 5.41) is 18.8. The number of piperidine rings is 1. The van der Waals surface area contributed by atoms with Crippen molar-refractivity contribution < 1.29 is 14.3 Å². The highest BCUT2D eigenvalue weighted by atomic mass is 16.5. The van der Waals surface area contributed by atoms with Crippen molar-refractivity contribution in [3.05, 3.63) is 30.1 Å². The number of fused-ring (bicyclic) bond motifs is 1. The Kier molecular flexibility index (Phi) is 6.41. The molecule has 3 N–H and O–H groups in total. The van der Waals surface area contributed by atoms with Crippen molar-refractivity contribution in [1.82, 2.24) is 35.0 Å². The van der Waals surface area contributed by atoms with E-state index in [2.05, 4.69) is 20.8 Å². The predicted octanol–water partition coefficient (Wildman–Crippen LogP) is 1.80. The molecule has 0 radical (unpaired) electrons.